The maximum absolute atomic E-state index is 15.1. The molecule has 4 heterocycles. The molecule has 0 saturated heterocycles. The summed E-state index contributed by atoms with van der Waals surface area (Å²) in [5, 5.41) is 3.11. The number of pyridine rings is 1. The Morgan fingerprint density at radius 3 is 2.67 bits per heavy atom. The number of aryl methyl sites for hydroxylation is 1. The van der Waals surface area contributed by atoms with Crippen molar-refractivity contribution in [3.63, 3.8) is 0 Å². The van der Waals surface area contributed by atoms with Gasteiger partial charge in [0.2, 0.25) is 5.95 Å². The zero-order valence-corrected chi connectivity index (χ0v) is 23.8. The molecule has 0 saturated carbocycles. The molecule has 1 aliphatic heterocycles. The molecule has 210 valence electrons. The normalized spacial score (nSPS) is 14.1. The molecule has 0 unspecified atom stereocenters. The van der Waals surface area contributed by atoms with Crippen molar-refractivity contribution >= 4 is 22.8 Å². The van der Waals surface area contributed by atoms with E-state index < -0.39 is 11.6 Å². The largest absolute Gasteiger partial charge is 0.323 e. The standard InChI is InChI=1S/C30H36F2N8/c1-7-11-38(6)13-14-39-12-10-24-20(18-39)8-9-26(35-24)36-29-33-17-23(32)27(37-29)21-15-22(31)28-25(16-21)40(19(2)34-28)30(3,4)5/h7-9,15-17H,1,10-14,18H2,2-6H3,(H,33,35,36,37). The number of fused-ring (bicyclic) bond motifs is 2. The van der Waals surface area contributed by atoms with Gasteiger partial charge in [-0.1, -0.05) is 12.1 Å². The zero-order chi connectivity index (χ0) is 28.6. The van der Waals surface area contributed by atoms with E-state index in [4.69, 9.17) is 4.98 Å². The first-order valence-electron chi connectivity index (χ1n) is 13.5. The zero-order valence-electron chi connectivity index (χ0n) is 23.8. The number of anilines is 2. The number of likely N-dealkylation sites (N-methyl/N-ethyl adjacent to an activating group) is 1. The second-order valence-electron chi connectivity index (χ2n) is 11.4. The maximum Gasteiger partial charge on any atom is 0.229 e. The van der Waals surface area contributed by atoms with Crippen molar-refractivity contribution in [2.24, 2.45) is 0 Å². The highest BCUT2D eigenvalue weighted by Crippen LogP contribution is 2.32. The third-order valence-electron chi connectivity index (χ3n) is 7.18. The van der Waals surface area contributed by atoms with Crippen molar-refractivity contribution in [3.05, 3.63) is 71.8 Å². The molecule has 10 heteroatoms. The van der Waals surface area contributed by atoms with Gasteiger partial charge < -0.3 is 14.8 Å². The van der Waals surface area contributed by atoms with Crippen LogP contribution in [0.15, 0.2) is 43.1 Å². The molecule has 0 amide bonds. The fourth-order valence-corrected chi connectivity index (χ4v) is 5.34. The smallest absolute Gasteiger partial charge is 0.229 e. The van der Waals surface area contributed by atoms with Gasteiger partial charge in [0.05, 0.1) is 11.7 Å². The molecule has 1 aliphatic rings. The minimum Gasteiger partial charge on any atom is -0.323 e. The van der Waals surface area contributed by atoms with Crippen molar-refractivity contribution in [1.82, 2.24) is 34.3 Å². The maximum atomic E-state index is 15.1. The molecule has 1 aromatic carbocycles. The predicted molar refractivity (Wildman–Crippen MR) is 155 cm³/mol. The molecule has 8 nitrogen and oxygen atoms in total. The van der Waals surface area contributed by atoms with Gasteiger partial charge in [-0.2, -0.15) is 0 Å². The van der Waals surface area contributed by atoms with Crippen LogP contribution in [-0.4, -0.2) is 67.5 Å². The van der Waals surface area contributed by atoms with Gasteiger partial charge in [0.1, 0.15) is 22.9 Å². The monoisotopic (exact) mass is 546 g/mol. The predicted octanol–water partition coefficient (Wildman–Crippen LogP) is 5.45. The first-order chi connectivity index (χ1) is 19.0. The number of benzene rings is 1. The summed E-state index contributed by atoms with van der Waals surface area (Å²) in [6.07, 6.45) is 3.85. The number of hydrogen-bond donors (Lipinski definition) is 1. The van der Waals surface area contributed by atoms with E-state index in [2.05, 4.69) is 49.8 Å². The van der Waals surface area contributed by atoms with Crippen LogP contribution in [0.5, 0.6) is 0 Å². The molecule has 0 fully saturated rings. The number of nitrogens with zero attached hydrogens (tertiary/aromatic N) is 7. The number of nitrogens with one attached hydrogen (secondary N) is 1. The fraction of sp³-hybridized carbons (Fsp3) is 0.400. The van der Waals surface area contributed by atoms with E-state index in [9.17, 15) is 4.39 Å². The first-order valence-corrected chi connectivity index (χ1v) is 13.5. The number of halogens is 2. The summed E-state index contributed by atoms with van der Waals surface area (Å²) in [4.78, 5) is 22.4. The van der Waals surface area contributed by atoms with Gasteiger partial charge in [0.25, 0.3) is 0 Å². The number of hydrogen-bond acceptors (Lipinski definition) is 7. The van der Waals surface area contributed by atoms with Crippen LogP contribution < -0.4 is 5.32 Å². The average Bonchev–Trinajstić information content (AvgIpc) is 3.25. The lowest BCUT2D eigenvalue weighted by atomic mass is 10.1. The highest BCUT2D eigenvalue weighted by molar-refractivity contribution is 5.83. The molecule has 0 aliphatic carbocycles. The van der Waals surface area contributed by atoms with Crippen LogP contribution in [-0.2, 0) is 18.5 Å². The molecule has 40 heavy (non-hydrogen) atoms. The Labute approximate surface area is 233 Å². The van der Waals surface area contributed by atoms with Crippen LogP contribution >= 0.6 is 0 Å². The Kier molecular flexibility index (Phi) is 7.65. The Morgan fingerprint density at radius 1 is 1.12 bits per heavy atom. The van der Waals surface area contributed by atoms with Crippen LogP contribution in [0.4, 0.5) is 20.5 Å². The third kappa shape index (κ3) is 5.73. The van der Waals surface area contributed by atoms with Gasteiger partial charge in [0.15, 0.2) is 11.6 Å². The third-order valence-corrected chi connectivity index (χ3v) is 7.18. The first kappa shape index (κ1) is 27.8. The summed E-state index contributed by atoms with van der Waals surface area (Å²) in [7, 11) is 2.10. The molecule has 3 aromatic heterocycles. The van der Waals surface area contributed by atoms with Crippen molar-refractivity contribution < 1.29 is 8.78 Å². The van der Waals surface area contributed by atoms with Gasteiger partial charge in [0, 0.05) is 55.9 Å². The Hall–Kier alpha value is -3.76. The van der Waals surface area contributed by atoms with E-state index in [1.54, 1.807) is 6.07 Å². The summed E-state index contributed by atoms with van der Waals surface area (Å²) in [6.45, 7) is 16.3. The van der Waals surface area contributed by atoms with Crippen molar-refractivity contribution in [3.8, 4) is 11.3 Å². The summed E-state index contributed by atoms with van der Waals surface area (Å²) in [6, 6.07) is 6.95. The van der Waals surface area contributed by atoms with Gasteiger partial charge in [-0.25, -0.2) is 28.7 Å². The van der Waals surface area contributed by atoms with Crippen molar-refractivity contribution in [2.45, 2.75) is 46.2 Å². The van der Waals surface area contributed by atoms with E-state index >= 15 is 4.39 Å². The molecule has 1 N–H and O–H groups in total. The van der Waals surface area contributed by atoms with Crippen LogP contribution in [0.3, 0.4) is 0 Å². The van der Waals surface area contributed by atoms with Crippen LogP contribution in [0.2, 0.25) is 0 Å². The number of aromatic nitrogens is 5. The molecule has 0 spiro atoms. The average molecular weight is 547 g/mol. The van der Waals surface area contributed by atoms with E-state index in [1.807, 2.05) is 44.4 Å². The van der Waals surface area contributed by atoms with Gasteiger partial charge in [-0.3, -0.25) is 4.90 Å². The molecule has 0 atom stereocenters. The summed E-state index contributed by atoms with van der Waals surface area (Å²) >= 11 is 0. The van der Waals surface area contributed by atoms with Gasteiger partial charge in [-0.15, -0.1) is 6.58 Å². The highest BCUT2D eigenvalue weighted by atomic mass is 19.1. The molecule has 0 radical (unpaired) electrons. The van der Waals surface area contributed by atoms with E-state index in [1.165, 1.54) is 11.6 Å². The lowest BCUT2D eigenvalue weighted by molar-refractivity contribution is 0.217. The van der Waals surface area contributed by atoms with Crippen LogP contribution in [0.1, 0.15) is 37.9 Å². The number of rotatable bonds is 8. The molecule has 5 rings (SSSR count). The van der Waals surface area contributed by atoms with Gasteiger partial charge in [-0.05, 0) is 58.5 Å². The van der Waals surface area contributed by atoms with Crippen molar-refractivity contribution in [1.29, 1.82) is 0 Å². The van der Waals surface area contributed by atoms with E-state index in [-0.39, 0.29) is 22.7 Å². The second-order valence-corrected chi connectivity index (χ2v) is 11.4. The highest BCUT2D eigenvalue weighted by Gasteiger charge is 2.23. The topological polar surface area (TPSA) is 75.0 Å². The van der Waals surface area contributed by atoms with Crippen LogP contribution in [0, 0.1) is 18.6 Å². The summed E-state index contributed by atoms with van der Waals surface area (Å²) in [5.74, 6) is 0.292. The Balaban J connectivity index is 1.37. The van der Waals surface area contributed by atoms with E-state index in [0.717, 1.165) is 51.0 Å². The molecule has 4 aromatic rings. The van der Waals surface area contributed by atoms with E-state index in [0.29, 0.717) is 22.7 Å². The van der Waals surface area contributed by atoms with Gasteiger partial charge >= 0.3 is 0 Å². The Morgan fingerprint density at radius 2 is 1.93 bits per heavy atom. The lowest BCUT2D eigenvalue weighted by Crippen LogP contribution is -2.37. The Bertz CT molecular complexity index is 1560. The minimum atomic E-state index is -0.639. The lowest BCUT2D eigenvalue weighted by Gasteiger charge is -2.29. The fourth-order valence-electron chi connectivity index (χ4n) is 5.34. The summed E-state index contributed by atoms with van der Waals surface area (Å²) < 4.78 is 32.0. The summed E-state index contributed by atoms with van der Waals surface area (Å²) in [5.41, 5.74) is 3.05. The van der Waals surface area contributed by atoms with Crippen LogP contribution in [0.25, 0.3) is 22.3 Å². The number of imidazole rings is 1. The second kappa shape index (κ2) is 11.0. The molecule has 0 bridgehead atoms. The quantitative estimate of drug-likeness (QED) is 0.295. The van der Waals surface area contributed by atoms with Crippen molar-refractivity contribution in [2.75, 3.05) is 38.5 Å². The molecular formula is C30H36F2N8. The molecular weight excluding hydrogens is 510 g/mol. The minimum absolute atomic E-state index is 0.00707. The SMILES string of the molecule is C=CCN(C)CCN1CCc2nc(Nc3ncc(F)c(-c4cc(F)c5nc(C)n(C(C)(C)C)c5c4)n3)ccc2C1.